The lowest BCUT2D eigenvalue weighted by Crippen LogP contribution is -2.53. The Kier molecular flexibility index (Phi) is 5.44. The van der Waals surface area contributed by atoms with Crippen LogP contribution in [0.25, 0.3) is 0 Å². The van der Waals surface area contributed by atoms with Gasteiger partial charge in [-0.25, -0.2) is 0 Å². The highest BCUT2D eigenvalue weighted by molar-refractivity contribution is 9.10. The molecule has 0 saturated carbocycles. The monoisotopic (exact) mass is 317 g/mol. The van der Waals surface area contributed by atoms with Gasteiger partial charge in [-0.3, -0.25) is 0 Å². The van der Waals surface area contributed by atoms with Gasteiger partial charge in [0, 0.05) is 53.5 Å². The molecular weight excluding hydrogens is 298 g/mol. The van der Waals surface area contributed by atoms with E-state index in [1.54, 1.807) is 0 Å². The van der Waals surface area contributed by atoms with Crippen molar-refractivity contribution in [2.24, 2.45) is 0 Å². The summed E-state index contributed by atoms with van der Waals surface area (Å²) in [6.07, 6.45) is 1.12. The molecule has 1 unspecified atom stereocenters. The summed E-state index contributed by atoms with van der Waals surface area (Å²) in [6, 6.07) is 2.81. The first-order valence-electron chi connectivity index (χ1n) is 6.09. The van der Waals surface area contributed by atoms with Crippen LogP contribution in [0.5, 0.6) is 0 Å². The second kappa shape index (κ2) is 6.85. The standard InChI is InChI=1S/C12H20BrN3S/c1-16-5-4-15-11(8-16)7-14-3-2-12-6-10(13)9-17-12/h6,9,11,14-15H,2-5,7-8H2,1H3. The van der Waals surface area contributed by atoms with Crippen LogP contribution >= 0.6 is 27.3 Å². The van der Waals surface area contributed by atoms with Crippen LogP contribution in [0, 0.1) is 0 Å². The number of piperazine rings is 1. The highest BCUT2D eigenvalue weighted by Gasteiger charge is 2.15. The molecule has 1 fully saturated rings. The molecule has 0 amide bonds. The molecule has 3 nitrogen and oxygen atoms in total. The van der Waals surface area contributed by atoms with Crippen LogP contribution in [0.2, 0.25) is 0 Å². The zero-order valence-corrected chi connectivity index (χ0v) is 12.6. The Bertz CT molecular complexity index is 342. The summed E-state index contributed by atoms with van der Waals surface area (Å²) >= 11 is 5.31. The normalized spacial score (nSPS) is 21.9. The Morgan fingerprint density at radius 2 is 2.53 bits per heavy atom. The van der Waals surface area contributed by atoms with Crippen molar-refractivity contribution in [3.8, 4) is 0 Å². The Labute approximate surface area is 116 Å². The number of hydrogen-bond donors (Lipinski definition) is 2. The Morgan fingerprint density at radius 3 is 3.24 bits per heavy atom. The predicted molar refractivity (Wildman–Crippen MR) is 77.9 cm³/mol. The molecule has 0 bridgehead atoms. The highest BCUT2D eigenvalue weighted by Crippen LogP contribution is 2.19. The van der Waals surface area contributed by atoms with Gasteiger partial charge in [-0.2, -0.15) is 0 Å². The van der Waals surface area contributed by atoms with Gasteiger partial charge < -0.3 is 15.5 Å². The maximum Gasteiger partial charge on any atom is 0.0320 e. The predicted octanol–water partition coefficient (Wildman–Crippen LogP) is 1.55. The summed E-state index contributed by atoms with van der Waals surface area (Å²) in [5.41, 5.74) is 0. The molecule has 1 saturated heterocycles. The van der Waals surface area contributed by atoms with E-state index in [4.69, 9.17) is 0 Å². The van der Waals surface area contributed by atoms with Gasteiger partial charge in [0.1, 0.15) is 0 Å². The number of hydrogen-bond acceptors (Lipinski definition) is 4. The molecule has 1 aliphatic rings. The fourth-order valence-corrected chi connectivity index (χ4v) is 3.56. The lowest BCUT2D eigenvalue weighted by molar-refractivity contribution is 0.235. The number of likely N-dealkylation sites (N-methyl/N-ethyl adjacent to an activating group) is 1. The molecule has 2 heterocycles. The van der Waals surface area contributed by atoms with Crippen molar-refractivity contribution in [2.45, 2.75) is 12.5 Å². The van der Waals surface area contributed by atoms with Crippen molar-refractivity contribution in [1.82, 2.24) is 15.5 Å². The molecule has 1 aromatic rings. The van der Waals surface area contributed by atoms with E-state index in [0.717, 1.165) is 32.6 Å². The average molecular weight is 318 g/mol. The zero-order valence-electron chi connectivity index (χ0n) is 10.2. The maximum absolute atomic E-state index is 3.54. The molecule has 1 aliphatic heterocycles. The average Bonchev–Trinajstić information content (AvgIpc) is 2.71. The molecule has 0 aliphatic carbocycles. The minimum Gasteiger partial charge on any atom is -0.315 e. The van der Waals surface area contributed by atoms with Crippen LogP contribution in [0.4, 0.5) is 0 Å². The summed E-state index contributed by atoms with van der Waals surface area (Å²) in [5, 5.41) is 9.22. The SMILES string of the molecule is CN1CCNC(CNCCc2cc(Br)cs2)C1. The fourth-order valence-electron chi connectivity index (χ4n) is 2.10. The largest absolute Gasteiger partial charge is 0.315 e. The van der Waals surface area contributed by atoms with E-state index in [0.29, 0.717) is 6.04 Å². The maximum atomic E-state index is 3.54. The molecule has 2 rings (SSSR count). The topological polar surface area (TPSA) is 27.3 Å². The van der Waals surface area contributed by atoms with Crippen LogP contribution in [-0.4, -0.2) is 50.7 Å². The third-order valence-electron chi connectivity index (χ3n) is 3.02. The molecule has 2 N–H and O–H groups in total. The van der Waals surface area contributed by atoms with E-state index in [1.807, 2.05) is 11.3 Å². The van der Waals surface area contributed by atoms with Crippen molar-refractivity contribution in [1.29, 1.82) is 0 Å². The van der Waals surface area contributed by atoms with E-state index >= 15 is 0 Å². The van der Waals surface area contributed by atoms with Crippen LogP contribution in [0.3, 0.4) is 0 Å². The minimum atomic E-state index is 0.601. The molecule has 0 radical (unpaired) electrons. The first-order chi connectivity index (χ1) is 8.24. The first kappa shape index (κ1) is 13.5. The van der Waals surface area contributed by atoms with E-state index in [-0.39, 0.29) is 0 Å². The molecule has 1 aromatic heterocycles. The van der Waals surface area contributed by atoms with Crippen LogP contribution in [-0.2, 0) is 6.42 Å². The van der Waals surface area contributed by atoms with Crippen LogP contribution in [0.15, 0.2) is 15.9 Å². The molecule has 0 aromatic carbocycles. The highest BCUT2D eigenvalue weighted by atomic mass is 79.9. The van der Waals surface area contributed by atoms with Crippen molar-refractivity contribution < 1.29 is 0 Å². The first-order valence-corrected chi connectivity index (χ1v) is 7.77. The van der Waals surface area contributed by atoms with Gasteiger partial charge in [0.05, 0.1) is 0 Å². The number of thiophene rings is 1. The fraction of sp³-hybridized carbons (Fsp3) is 0.667. The molecule has 96 valence electrons. The van der Waals surface area contributed by atoms with E-state index in [2.05, 4.69) is 50.0 Å². The Morgan fingerprint density at radius 1 is 1.65 bits per heavy atom. The quantitative estimate of drug-likeness (QED) is 0.807. The lowest BCUT2D eigenvalue weighted by atomic mass is 10.2. The number of rotatable bonds is 5. The zero-order chi connectivity index (χ0) is 12.1. The summed E-state index contributed by atoms with van der Waals surface area (Å²) in [6.45, 7) is 5.56. The van der Waals surface area contributed by atoms with Gasteiger partial charge in [-0.15, -0.1) is 11.3 Å². The van der Waals surface area contributed by atoms with Gasteiger partial charge in [-0.05, 0) is 35.5 Å². The molecular formula is C12H20BrN3S. The van der Waals surface area contributed by atoms with Gasteiger partial charge in [-0.1, -0.05) is 0 Å². The van der Waals surface area contributed by atoms with Gasteiger partial charge in [0.25, 0.3) is 0 Å². The van der Waals surface area contributed by atoms with E-state index in [9.17, 15) is 0 Å². The molecule has 17 heavy (non-hydrogen) atoms. The molecule has 5 heteroatoms. The van der Waals surface area contributed by atoms with Gasteiger partial charge in [0.15, 0.2) is 0 Å². The Balaban J connectivity index is 1.59. The van der Waals surface area contributed by atoms with Crippen molar-refractivity contribution in [2.75, 3.05) is 39.8 Å². The third kappa shape index (κ3) is 4.67. The van der Waals surface area contributed by atoms with Crippen molar-refractivity contribution in [3.05, 3.63) is 20.8 Å². The second-order valence-electron chi connectivity index (χ2n) is 4.60. The van der Waals surface area contributed by atoms with Crippen molar-refractivity contribution in [3.63, 3.8) is 0 Å². The third-order valence-corrected chi connectivity index (χ3v) is 4.78. The van der Waals surface area contributed by atoms with Gasteiger partial charge >= 0.3 is 0 Å². The molecule has 0 spiro atoms. The summed E-state index contributed by atoms with van der Waals surface area (Å²) in [4.78, 5) is 3.83. The van der Waals surface area contributed by atoms with Gasteiger partial charge in [0.2, 0.25) is 0 Å². The second-order valence-corrected chi connectivity index (χ2v) is 6.51. The minimum absolute atomic E-state index is 0.601. The van der Waals surface area contributed by atoms with E-state index < -0.39 is 0 Å². The summed E-state index contributed by atoms with van der Waals surface area (Å²) in [5.74, 6) is 0. The Hall–Kier alpha value is 0.0600. The summed E-state index contributed by atoms with van der Waals surface area (Å²) in [7, 11) is 2.19. The van der Waals surface area contributed by atoms with Crippen LogP contribution < -0.4 is 10.6 Å². The molecule has 1 atom stereocenters. The number of nitrogens with zero attached hydrogens (tertiary/aromatic N) is 1. The lowest BCUT2D eigenvalue weighted by Gasteiger charge is -2.31. The summed E-state index contributed by atoms with van der Waals surface area (Å²) < 4.78 is 1.20. The number of halogens is 1. The smallest absolute Gasteiger partial charge is 0.0320 e. The van der Waals surface area contributed by atoms with Crippen molar-refractivity contribution >= 4 is 27.3 Å². The van der Waals surface area contributed by atoms with Crippen LogP contribution in [0.1, 0.15) is 4.88 Å². The number of nitrogens with one attached hydrogen (secondary N) is 2. The van der Waals surface area contributed by atoms with E-state index in [1.165, 1.54) is 15.9 Å².